The number of piperidine rings is 1. The van der Waals surface area contributed by atoms with Gasteiger partial charge in [-0.2, -0.15) is 9.36 Å². The standard InChI is InChI=1S/C12H21NO3.C8H7N3S/c14-12(15)11-3-1-2-6-13(11)9-10-4-7-16-8-5-10;9-8-10-7(12-11-8)6-4-2-1-3-5-6/h10-11H,1-9H2,(H,14,15);1-5H,(H2,9,11)/t11-;/m0./s1. The molecule has 4 rings (SSSR count). The summed E-state index contributed by atoms with van der Waals surface area (Å²) in [5.74, 6) is 0.333. The van der Waals surface area contributed by atoms with Crippen molar-refractivity contribution in [3.63, 3.8) is 0 Å². The van der Waals surface area contributed by atoms with Crippen molar-refractivity contribution in [2.24, 2.45) is 5.92 Å². The summed E-state index contributed by atoms with van der Waals surface area (Å²) in [7, 11) is 0. The number of hydrogen-bond donors (Lipinski definition) is 2. The second kappa shape index (κ2) is 10.5. The van der Waals surface area contributed by atoms with Gasteiger partial charge < -0.3 is 15.6 Å². The summed E-state index contributed by atoms with van der Waals surface area (Å²) in [4.78, 5) is 17.4. The molecule has 0 spiro atoms. The van der Waals surface area contributed by atoms with E-state index in [1.807, 2.05) is 30.3 Å². The zero-order valence-corrected chi connectivity index (χ0v) is 16.8. The zero-order valence-electron chi connectivity index (χ0n) is 16.0. The van der Waals surface area contributed by atoms with E-state index >= 15 is 0 Å². The maximum absolute atomic E-state index is 11.1. The Balaban J connectivity index is 0.000000167. The summed E-state index contributed by atoms with van der Waals surface area (Å²) in [6.45, 7) is 3.58. The Morgan fingerprint density at radius 2 is 1.96 bits per heavy atom. The summed E-state index contributed by atoms with van der Waals surface area (Å²) in [6, 6.07) is 9.63. The van der Waals surface area contributed by atoms with Gasteiger partial charge in [-0.15, -0.1) is 0 Å². The molecule has 0 bridgehead atoms. The third kappa shape index (κ3) is 5.98. The fraction of sp³-hybridized carbons (Fsp3) is 0.550. The van der Waals surface area contributed by atoms with Crippen molar-refractivity contribution >= 4 is 23.5 Å². The largest absolute Gasteiger partial charge is 0.480 e. The number of likely N-dealkylation sites (tertiary alicyclic amines) is 1. The number of aromatic nitrogens is 2. The molecule has 1 aromatic carbocycles. The highest BCUT2D eigenvalue weighted by atomic mass is 32.1. The van der Waals surface area contributed by atoms with Crippen LogP contribution < -0.4 is 5.73 Å². The summed E-state index contributed by atoms with van der Waals surface area (Å²) < 4.78 is 9.23. The predicted molar refractivity (Wildman–Crippen MR) is 110 cm³/mol. The number of benzene rings is 1. The Bertz CT molecular complexity index is 734. The third-order valence-corrected chi connectivity index (χ3v) is 5.97. The minimum Gasteiger partial charge on any atom is -0.480 e. The minimum atomic E-state index is -0.647. The van der Waals surface area contributed by atoms with E-state index in [1.54, 1.807) is 0 Å². The van der Waals surface area contributed by atoms with Crippen LogP contribution >= 0.6 is 11.5 Å². The first-order valence-corrected chi connectivity index (χ1v) is 10.6. The van der Waals surface area contributed by atoms with E-state index in [0.717, 1.165) is 69.0 Å². The van der Waals surface area contributed by atoms with Crippen LogP contribution in [0, 0.1) is 5.92 Å². The molecule has 3 heterocycles. The van der Waals surface area contributed by atoms with Crippen LogP contribution in [0.2, 0.25) is 0 Å². The smallest absolute Gasteiger partial charge is 0.320 e. The van der Waals surface area contributed by atoms with Gasteiger partial charge in [0, 0.05) is 25.3 Å². The molecule has 0 unspecified atom stereocenters. The van der Waals surface area contributed by atoms with E-state index in [9.17, 15) is 9.90 Å². The Labute approximate surface area is 169 Å². The zero-order chi connectivity index (χ0) is 19.8. The van der Waals surface area contributed by atoms with Crippen LogP contribution in [0.5, 0.6) is 0 Å². The maximum atomic E-state index is 11.1. The van der Waals surface area contributed by atoms with Crippen LogP contribution in [-0.2, 0) is 9.53 Å². The molecule has 2 aliphatic rings. The molecule has 8 heteroatoms. The van der Waals surface area contributed by atoms with E-state index in [4.69, 9.17) is 10.5 Å². The molecular weight excluding hydrogens is 376 g/mol. The third-order valence-electron chi connectivity index (χ3n) is 5.19. The molecule has 2 saturated heterocycles. The van der Waals surface area contributed by atoms with Crippen LogP contribution in [0.4, 0.5) is 5.95 Å². The van der Waals surface area contributed by atoms with E-state index < -0.39 is 5.97 Å². The van der Waals surface area contributed by atoms with Gasteiger partial charge >= 0.3 is 5.97 Å². The van der Waals surface area contributed by atoms with Gasteiger partial charge in [0.15, 0.2) is 0 Å². The number of nitrogens with zero attached hydrogens (tertiary/aromatic N) is 3. The molecule has 0 radical (unpaired) electrons. The molecule has 2 fully saturated rings. The molecule has 1 aromatic heterocycles. The SMILES string of the molecule is Nc1nsc(-c2ccccc2)n1.O=C(O)[C@@H]1CCCCN1CC1CCOCC1. The highest BCUT2D eigenvalue weighted by Crippen LogP contribution is 2.23. The fourth-order valence-electron chi connectivity index (χ4n) is 3.68. The molecule has 2 aromatic rings. The van der Waals surface area contributed by atoms with Gasteiger partial charge in [-0.25, -0.2) is 0 Å². The summed E-state index contributed by atoms with van der Waals surface area (Å²) in [5, 5.41) is 10.0. The molecule has 152 valence electrons. The van der Waals surface area contributed by atoms with Crippen molar-refractivity contribution in [2.45, 2.75) is 38.1 Å². The first-order valence-electron chi connectivity index (χ1n) is 9.82. The van der Waals surface area contributed by atoms with Gasteiger partial charge in [0.25, 0.3) is 0 Å². The molecular formula is C20H28N4O3S. The van der Waals surface area contributed by atoms with Gasteiger partial charge in [0.1, 0.15) is 11.0 Å². The van der Waals surface area contributed by atoms with Crippen LogP contribution in [0.1, 0.15) is 32.1 Å². The molecule has 7 nitrogen and oxygen atoms in total. The Kier molecular flexibility index (Phi) is 7.76. The van der Waals surface area contributed by atoms with E-state index in [-0.39, 0.29) is 6.04 Å². The van der Waals surface area contributed by atoms with Crippen LogP contribution in [0.3, 0.4) is 0 Å². The minimum absolute atomic E-state index is 0.239. The van der Waals surface area contributed by atoms with Crippen molar-refractivity contribution in [1.82, 2.24) is 14.3 Å². The Hall–Kier alpha value is -2.03. The van der Waals surface area contributed by atoms with E-state index in [1.165, 1.54) is 11.5 Å². The van der Waals surface area contributed by atoms with E-state index in [2.05, 4.69) is 14.3 Å². The lowest BCUT2D eigenvalue weighted by molar-refractivity contribution is -0.145. The van der Waals surface area contributed by atoms with Gasteiger partial charge in [-0.05, 0) is 49.7 Å². The molecule has 28 heavy (non-hydrogen) atoms. The van der Waals surface area contributed by atoms with Gasteiger partial charge in [0.2, 0.25) is 5.95 Å². The molecule has 3 N–H and O–H groups in total. The lowest BCUT2D eigenvalue weighted by atomic mass is 9.95. The second-order valence-corrected chi connectivity index (χ2v) is 7.98. The topological polar surface area (TPSA) is 102 Å². The molecule has 0 amide bonds. The highest BCUT2D eigenvalue weighted by Gasteiger charge is 2.30. The average molecular weight is 405 g/mol. The molecule has 1 atom stereocenters. The van der Waals surface area contributed by atoms with E-state index in [0.29, 0.717) is 11.9 Å². The number of anilines is 1. The van der Waals surface area contributed by atoms with Crippen molar-refractivity contribution in [3.05, 3.63) is 30.3 Å². The number of carboxylic acid groups (broad SMARTS) is 1. The average Bonchev–Trinajstić information content (AvgIpc) is 3.17. The maximum Gasteiger partial charge on any atom is 0.320 e. The first-order chi connectivity index (χ1) is 13.6. The lowest BCUT2D eigenvalue weighted by Crippen LogP contribution is -2.47. The summed E-state index contributed by atoms with van der Waals surface area (Å²) in [5.41, 5.74) is 6.47. The number of nitrogen functional groups attached to an aromatic ring is 1. The first kappa shape index (κ1) is 20.7. The summed E-state index contributed by atoms with van der Waals surface area (Å²) in [6.07, 6.45) is 5.19. The number of nitrogens with two attached hydrogens (primary N) is 1. The monoisotopic (exact) mass is 404 g/mol. The lowest BCUT2D eigenvalue weighted by Gasteiger charge is -2.36. The number of ether oxygens (including phenoxy) is 1. The van der Waals surface area contributed by atoms with Crippen LogP contribution in [0.15, 0.2) is 30.3 Å². The predicted octanol–water partition coefficient (Wildman–Crippen LogP) is 3.14. The summed E-state index contributed by atoms with van der Waals surface area (Å²) >= 11 is 1.32. The Morgan fingerprint density at radius 3 is 2.61 bits per heavy atom. The number of carboxylic acids is 1. The normalized spacial score (nSPS) is 20.9. The molecule has 0 saturated carbocycles. The molecule has 2 aliphatic heterocycles. The van der Waals surface area contributed by atoms with Crippen molar-refractivity contribution in [2.75, 3.05) is 32.0 Å². The van der Waals surface area contributed by atoms with Gasteiger partial charge in [-0.3, -0.25) is 9.69 Å². The Morgan fingerprint density at radius 1 is 1.21 bits per heavy atom. The van der Waals surface area contributed by atoms with Crippen molar-refractivity contribution < 1.29 is 14.6 Å². The van der Waals surface area contributed by atoms with Crippen LogP contribution in [-0.4, -0.2) is 57.7 Å². The van der Waals surface area contributed by atoms with Crippen molar-refractivity contribution in [3.8, 4) is 10.6 Å². The van der Waals surface area contributed by atoms with Crippen LogP contribution in [0.25, 0.3) is 10.6 Å². The van der Waals surface area contributed by atoms with Gasteiger partial charge in [0.05, 0.1) is 0 Å². The second-order valence-electron chi connectivity index (χ2n) is 7.22. The number of rotatable bonds is 4. The molecule has 0 aliphatic carbocycles. The number of aliphatic carboxylic acids is 1. The highest BCUT2D eigenvalue weighted by molar-refractivity contribution is 7.09. The van der Waals surface area contributed by atoms with Crippen molar-refractivity contribution in [1.29, 1.82) is 0 Å². The fourth-order valence-corrected chi connectivity index (χ4v) is 4.28. The quantitative estimate of drug-likeness (QED) is 0.807. The van der Waals surface area contributed by atoms with Gasteiger partial charge in [-0.1, -0.05) is 36.8 Å². The number of carbonyl (C=O) groups is 1. The number of hydrogen-bond acceptors (Lipinski definition) is 7.